The maximum Gasteiger partial charge on any atom is 0.147 e. The number of anilines is 1. The van der Waals surface area contributed by atoms with E-state index in [9.17, 15) is 0 Å². The minimum absolute atomic E-state index is 0.0992. The van der Waals surface area contributed by atoms with E-state index in [1.807, 2.05) is 6.20 Å². The van der Waals surface area contributed by atoms with Gasteiger partial charge in [-0.25, -0.2) is 4.98 Å². The zero-order chi connectivity index (χ0) is 15.6. The van der Waals surface area contributed by atoms with Gasteiger partial charge in [-0.3, -0.25) is 0 Å². The largest absolute Gasteiger partial charge is 0.352 e. The molecule has 1 fully saturated rings. The van der Waals surface area contributed by atoms with Gasteiger partial charge in [0.05, 0.1) is 5.02 Å². The Balaban J connectivity index is 2.11. The molecule has 2 heterocycles. The first-order valence-electron chi connectivity index (χ1n) is 7.92. The van der Waals surface area contributed by atoms with Crippen molar-refractivity contribution in [3.8, 4) is 0 Å². The number of rotatable bonds is 3. The standard InChI is InChI=1S/C17H28ClN3/c1-12-6-7-13(2)21(11-12)16-15(18)8-14(9-19-16)10-20-17(3,4)5/h8-9,12-13,20H,6-7,10-11H2,1-5H3. The van der Waals surface area contributed by atoms with Crippen molar-refractivity contribution in [2.45, 2.75) is 65.6 Å². The van der Waals surface area contributed by atoms with Crippen LogP contribution in [0.4, 0.5) is 5.82 Å². The van der Waals surface area contributed by atoms with Crippen LogP contribution in [0.25, 0.3) is 0 Å². The molecule has 0 radical (unpaired) electrons. The predicted molar refractivity (Wildman–Crippen MR) is 91.0 cm³/mol. The van der Waals surface area contributed by atoms with Crippen molar-refractivity contribution >= 4 is 17.4 Å². The summed E-state index contributed by atoms with van der Waals surface area (Å²) in [6.45, 7) is 12.9. The molecule has 1 aromatic rings. The molecule has 118 valence electrons. The molecule has 1 aliphatic heterocycles. The van der Waals surface area contributed by atoms with Gasteiger partial charge in [0, 0.05) is 30.9 Å². The van der Waals surface area contributed by atoms with Crippen molar-refractivity contribution in [1.82, 2.24) is 10.3 Å². The molecular weight excluding hydrogens is 282 g/mol. The molecule has 2 atom stereocenters. The number of nitrogens with zero attached hydrogens (tertiary/aromatic N) is 2. The summed E-state index contributed by atoms with van der Waals surface area (Å²) in [6.07, 6.45) is 4.46. The van der Waals surface area contributed by atoms with Crippen LogP contribution in [0.15, 0.2) is 12.3 Å². The summed E-state index contributed by atoms with van der Waals surface area (Å²) in [5, 5.41) is 4.24. The van der Waals surface area contributed by atoms with Gasteiger partial charge < -0.3 is 10.2 Å². The van der Waals surface area contributed by atoms with Gasteiger partial charge in [0.15, 0.2) is 0 Å². The second-order valence-corrected chi connectivity index (χ2v) is 7.84. The Hall–Kier alpha value is -0.800. The van der Waals surface area contributed by atoms with E-state index in [4.69, 9.17) is 11.6 Å². The van der Waals surface area contributed by atoms with Crippen molar-refractivity contribution in [1.29, 1.82) is 0 Å². The summed E-state index contributed by atoms with van der Waals surface area (Å²) >= 11 is 6.49. The Morgan fingerprint density at radius 3 is 2.67 bits per heavy atom. The summed E-state index contributed by atoms with van der Waals surface area (Å²) in [5.74, 6) is 1.65. The summed E-state index contributed by atoms with van der Waals surface area (Å²) < 4.78 is 0. The lowest BCUT2D eigenvalue weighted by atomic mass is 9.95. The van der Waals surface area contributed by atoms with E-state index in [1.165, 1.54) is 12.8 Å². The van der Waals surface area contributed by atoms with Crippen LogP contribution in [0.3, 0.4) is 0 Å². The van der Waals surface area contributed by atoms with Crippen molar-refractivity contribution in [3.05, 3.63) is 22.8 Å². The third-order valence-electron chi connectivity index (χ3n) is 4.09. The van der Waals surface area contributed by atoms with Crippen LogP contribution in [-0.2, 0) is 6.54 Å². The third-order valence-corrected chi connectivity index (χ3v) is 4.37. The van der Waals surface area contributed by atoms with E-state index in [0.29, 0.717) is 12.0 Å². The topological polar surface area (TPSA) is 28.2 Å². The van der Waals surface area contributed by atoms with Crippen LogP contribution < -0.4 is 10.2 Å². The van der Waals surface area contributed by atoms with E-state index in [1.54, 1.807) is 0 Å². The van der Waals surface area contributed by atoms with Crippen LogP contribution in [-0.4, -0.2) is 23.1 Å². The van der Waals surface area contributed by atoms with E-state index in [2.05, 4.69) is 55.9 Å². The van der Waals surface area contributed by atoms with Crippen molar-refractivity contribution in [3.63, 3.8) is 0 Å². The average molecular weight is 310 g/mol. The lowest BCUT2D eigenvalue weighted by Gasteiger charge is -2.38. The van der Waals surface area contributed by atoms with E-state index < -0.39 is 0 Å². The Kier molecular flexibility index (Phi) is 5.15. The molecule has 0 spiro atoms. The van der Waals surface area contributed by atoms with Gasteiger partial charge in [0.2, 0.25) is 0 Å². The second-order valence-electron chi connectivity index (χ2n) is 7.44. The van der Waals surface area contributed by atoms with E-state index in [-0.39, 0.29) is 5.54 Å². The molecule has 2 rings (SSSR count). The summed E-state index contributed by atoms with van der Waals surface area (Å²) in [7, 11) is 0. The molecule has 4 heteroatoms. The lowest BCUT2D eigenvalue weighted by Crippen LogP contribution is -2.41. The predicted octanol–water partition coefficient (Wildman–Crippen LogP) is 4.25. The normalized spacial score (nSPS) is 23.4. The van der Waals surface area contributed by atoms with Gasteiger partial charge in [0.25, 0.3) is 0 Å². The first-order valence-corrected chi connectivity index (χ1v) is 8.30. The van der Waals surface area contributed by atoms with Gasteiger partial charge in [-0.1, -0.05) is 18.5 Å². The zero-order valence-electron chi connectivity index (χ0n) is 13.9. The molecule has 1 N–H and O–H groups in total. The third kappa shape index (κ3) is 4.58. The molecule has 3 nitrogen and oxygen atoms in total. The number of pyridine rings is 1. The quantitative estimate of drug-likeness (QED) is 0.905. The van der Waals surface area contributed by atoms with Crippen molar-refractivity contribution in [2.24, 2.45) is 5.92 Å². The fourth-order valence-electron chi connectivity index (χ4n) is 2.73. The summed E-state index contributed by atoms with van der Waals surface area (Å²) in [4.78, 5) is 7.00. The molecule has 1 aliphatic rings. The second kappa shape index (κ2) is 6.53. The van der Waals surface area contributed by atoms with Crippen LogP contribution >= 0.6 is 11.6 Å². The molecule has 0 aliphatic carbocycles. The van der Waals surface area contributed by atoms with Gasteiger partial charge in [-0.15, -0.1) is 0 Å². The number of aromatic nitrogens is 1. The number of piperidine rings is 1. The van der Waals surface area contributed by atoms with E-state index >= 15 is 0 Å². The van der Waals surface area contributed by atoms with Crippen LogP contribution in [0.5, 0.6) is 0 Å². The molecule has 1 saturated heterocycles. The highest BCUT2D eigenvalue weighted by Gasteiger charge is 2.25. The SMILES string of the molecule is CC1CCC(C)N(c2ncc(CNC(C)(C)C)cc2Cl)C1. The van der Waals surface area contributed by atoms with Gasteiger partial charge in [0.1, 0.15) is 5.82 Å². The molecular formula is C17H28ClN3. The van der Waals surface area contributed by atoms with Gasteiger partial charge in [-0.2, -0.15) is 0 Å². The van der Waals surface area contributed by atoms with Crippen LogP contribution in [0.2, 0.25) is 5.02 Å². The van der Waals surface area contributed by atoms with Crippen molar-refractivity contribution in [2.75, 3.05) is 11.4 Å². The Morgan fingerprint density at radius 2 is 2.05 bits per heavy atom. The van der Waals surface area contributed by atoms with Gasteiger partial charge in [-0.05, 0) is 58.1 Å². The minimum atomic E-state index is 0.0992. The highest BCUT2D eigenvalue weighted by Crippen LogP contribution is 2.31. The fourth-order valence-corrected chi connectivity index (χ4v) is 3.03. The van der Waals surface area contributed by atoms with Crippen molar-refractivity contribution < 1.29 is 0 Å². The fraction of sp³-hybridized carbons (Fsp3) is 0.706. The first-order chi connectivity index (χ1) is 9.76. The molecule has 0 saturated carbocycles. The molecule has 2 unspecified atom stereocenters. The number of hydrogen-bond donors (Lipinski definition) is 1. The number of nitrogens with one attached hydrogen (secondary N) is 1. The lowest BCUT2D eigenvalue weighted by molar-refractivity contribution is 0.388. The zero-order valence-corrected chi connectivity index (χ0v) is 14.7. The molecule has 1 aromatic heterocycles. The minimum Gasteiger partial charge on any atom is -0.352 e. The average Bonchev–Trinajstić information content (AvgIpc) is 2.39. The maximum atomic E-state index is 6.49. The Labute approximate surface area is 134 Å². The summed E-state index contributed by atoms with van der Waals surface area (Å²) in [5.41, 5.74) is 1.23. The maximum absolute atomic E-state index is 6.49. The highest BCUT2D eigenvalue weighted by atomic mass is 35.5. The van der Waals surface area contributed by atoms with Gasteiger partial charge >= 0.3 is 0 Å². The van der Waals surface area contributed by atoms with E-state index in [0.717, 1.165) is 29.5 Å². The Bertz CT molecular complexity index is 481. The Morgan fingerprint density at radius 1 is 1.33 bits per heavy atom. The number of halogens is 1. The first kappa shape index (κ1) is 16.6. The number of hydrogen-bond acceptors (Lipinski definition) is 3. The van der Waals surface area contributed by atoms with Crippen LogP contribution in [0.1, 0.15) is 53.0 Å². The molecule has 0 aromatic carbocycles. The monoisotopic (exact) mass is 309 g/mol. The highest BCUT2D eigenvalue weighted by molar-refractivity contribution is 6.33. The molecule has 21 heavy (non-hydrogen) atoms. The molecule has 0 amide bonds. The smallest absolute Gasteiger partial charge is 0.147 e. The van der Waals surface area contributed by atoms with Crippen LogP contribution in [0, 0.1) is 5.92 Å². The molecule has 0 bridgehead atoms. The summed E-state index contributed by atoms with van der Waals surface area (Å²) in [6, 6.07) is 2.57.